The fourth-order valence-corrected chi connectivity index (χ4v) is 6.62. The SMILES string of the molecule is CC/C=C\C/C=C\C/C=C\C/C=C\CCCCCCCCC(=O)OCC(COC(=O)CCCCCCCCCCCCCC)OC(=O)CC/C=C\C/C=C\C/C=C\C/C=C\CC. The van der Waals surface area contributed by atoms with Gasteiger partial charge in [0.15, 0.2) is 6.10 Å². The van der Waals surface area contributed by atoms with Gasteiger partial charge in [0.2, 0.25) is 0 Å². The topological polar surface area (TPSA) is 78.9 Å². The van der Waals surface area contributed by atoms with Crippen molar-refractivity contribution in [1.29, 1.82) is 0 Å². The molecule has 1 atom stereocenters. The maximum Gasteiger partial charge on any atom is 0.306 e. The van der Waals surface area contributed by atoms with Crippen molar-refractivity contribution in [3.8, 4) is 0 Å². The summed E-state index contributed by atoms with van der Waals surface area (Å²) in [7, 11) is 0. The molecular weight excluding hydrogens is 769 g/mol. The normalized spacial score (nSPS) is 12.9. The molecule has 0 N–H and O–H groups in total. The molecule has 0 aliphatic rings. The molecule has 0 aliphatic heterocycles. The Hall–Kier alpha value is -3.67. The van der Waals surface area contributed by atoms with Gasteiger partial charge >= 0.3 is 17.9 Å². The monoisotopic (exact) mass is 861 g/mol. The van der Waals surface area contributed by atoms with Crippen molar-refractivity contribution in [3.05, 3.63) is 97.2 Å². The first-order chi connectivity index (χ1) is 30.5. The third-order valence-corrected chi connectivity index (χ3v) is 10.3. The van der Waals surface area contributed by atoms with E-state index >= 15 is 0 Å². The lowest BCUT2D eigenvalue weighted by Gasteiger charge is -2.18. The molecule has 0 bridgehead atoms. The summed E-state index contributed by atoms with van der Waals surface area (Å²) in [6, 6.07) is 0. The van der Waals surface area contributed by atoms with Crippen molar-refractivity contribution in [2.45, 2.75) is 226 Å². The van der Waals surface area contributed by atoms with Crippen molar-refractivity contribution in [2.75, 3.05) is 13.2 Å². The Labute approximate surface area is 381 Å². The minimum atomic E-state index is -0.819. The molecule has 0 fully saturated rings. The summed E-state index contributed by atoms with van der Waals surface area (Å²) in [5.41, 5.74) is 0. The van der Waals surface area contributed by atoms with Gasteiger partial charge in [0, 0.05) is 19.3 Å². The van der Waals surface area contributed by atoms with Gasteiger partial charge in [-0.2, -0.15) is 0 Å². The smallest absolute Gasteiger partial charge is 0.306 e. The maximum atomic E-state index is 12.7. The molecule has 0 aromatic carbocycles. The van der Waals surface area contributed by atoms with E-state index in [1.165, 1.54) is 70.6 Å². The third-order valence-electron chi connectivity index (χ3n) is 10.3. The van der Waals surface area contributed by atoms with Gasteiger partial charge in [-0.15, -0.1) is 0 Å². The highest BCUT2D eigenvalue weighted by atomic mass is 16.6. The van der Waals surface area contributed by atoms with Crippen LogP contribution >= 0.6 is 0 Å². The molecule has 62 heavy (non-hydrogen) atoms. The van der Waals surface area contributed by atoms with Crippen molar-refractivity contribution in [1.82, 2.24) is 0 Å². The van der Waals surface area contributed by atoms with Crippen LogP contribution in [0.2, 0.25) is 0 Å². The molecule has 6 nitrogen and oxygen atoms in total. The summed E-state index contributed by atoms with van der Waals surface area (Å²) in [5, 5.41) is 0. The minimum absolute atomic E-state index is 0.110. The van der Waals surface area contributed by atoms with Crippen LogP contribution in [0.25, 0.3) is 0 Å². The Morgan fingerprint density at radius 1 is 0.339 bits per heavy atom. The highest BCUT2D eigenvalue weighted by molar-refractivity contribution is 5.71. The zero-order valence-corrected chi connectivity index (χ0v) is 40.1. The Morgan fingerprint density at radius 2 is 0.661 bits per heavy atom. The van der Waals surface area contributed by atoms with Gasteiger partial charge < -0.3 is 14.2 Å². The second-order valence-corrected chi connectivity index (χ2v) is 16.3. The predicted molar refractivity (Wildman–Crippen MR) is 265 cm³/mol. The predicted octanol–water partition coefficient (Wildman–Crippen LogP) is 16.6. The minimum Gasteiger partial charge on any atom is -0.462 e. The molecular formula is C56H92O6. The molecule has 0 aromatic heterocycles. The van der Waals surface area contributed by atoms with Crippen LogP contribution in [0.1, 0.15) is 220 Å². The Bertz CT molecular complexity index is 1260. The maximum absolute atomic E-state index is 12.7. The lowest BCUT2D eigenvalue weighted by Crippen LogP contribution is -2.30. The fraction of sp³-hybridized carbons (Fsp3) is 0.661. The van der Waals surface area contributed by atoms with Gasteiger partial charge in [-0.05, 0) is 83.5 Å². The Kier molecular flexibility index (Phi) is 47.0. The van der Waals surface area contributed by atoms with Crippen molar-refractivity contribution in [3.63, 3.8) is 0 Å². The number of carbonyl (C=O) groups is 3. The summed E-state index contributed by atoms with van der Waals surface area (Å²) in [5.74, 6) is -1.01. The van der Waals surface area contributed by atoms with Gasteiger partial charge in [-0.25, -0.2) is 0 Å². The van der Waals surface area contributed by atoms with E-state index in [9.17, 15) is 14.4 Å². The highest BCUT2D eigenvalue weighted by Gasteiger charge is 2.19. The standard InChI is InChI=1S/C56H92O6/c1-4-7-10-13-16-19-22-25-26-27-28-29-30-32-34-37-40-43-46-49-55(58)61-52-53(51-60-54(57)48-45-42-39-36-33-24-21-18-15-12-9-6-3)62-56(59)50-47-44-41-38-35-31-23-20-17-14-11-8-5-2/h7-8,10-11,16-17,19-20,25-26,28-29,31,35,41,44,53H,4-6,9,12-15,18,21-24,27,30,32-34,36-40,42-43,45-52H2,1-3H3/b10-7-,11-8-,19-16-,20-17-,26-25-,29-28-,35-31-,44-41-. The van der Waals surface area contributed by atoms with Crippen LogP contribution in [0.5, 0.6) is 0 Å². The molecule has 0 heterocycles. The molecule has 0 amide bonds. The van der Waals surface area contributed by atoms with E-state index in [-0.39, 0.29) is 31.6 Å². The van der Waals surface area contributed by atoms with E-state index in [1.54, 1.807) is 0 Å². The van der Waals surface area contributed by atoms with E-state index in [1.807, 2.05) is 12.2 Å². The van der Waals surface area contributed by atoms with E-state index in [0.717, 1.165) is 103 Å². The first-order valence-corrected chi connectivity index (χ1v) is 25.2. The lowest BCUT2D eigenvalue weighted by molar-refractivity contribution is -0.166. The first kappa shape index (κ1) is 58.3. The molecule has 352 valence electrons. The van der Waals surface area contributed by atoms with Gasteiger partial charge in [-0.1, -0.05) is 214 Å². The zero-order chi connectivity index (χ0) is 45.1. The number of ether oxygens (including phenoxy) is 3. The molecule has 0 saturated heterocycles. The number of rotatable bonds is 44. The van der Waals surface area contributed by atoms with Crippen LogP contribution in [-0.2, 0) is 28.6 Å². The number of esters is 3. The van der Waals surface area contributed by atoms with Crippen LogP contribution < -0.4 is 0 Å². The van der Waals surface area contributed by atoms with Crippen LogP contribution in [0.3, 0.4) is 0 Å². The number of hydrogen-bond acceptors (Lipinski definition) is 6. The van der Waals surface area contributed by atoms with Crippen LogP contribution in [0, 0.1) is 0 Å². The van der Waals surface area contributed by atoms with Crippen molar-refractivity contribution >= 4 is 17.9 Å². The number of unbranched alkanes of at least 4 members (excludes halogenated alkanes) is 17. The lowest BCUT2D eigenvalue weighted by atomic mass is 10.0. The largest absolute Gasteiger partial charge is 0.462 e. The van der Waals surface area contributed by atoms with Gasteiger partial charge in [0.1, 0.15) is 13.2 Å². The van der Waals surface area contributed by atoms with Crippen molar-refractivity contribution < 1.29 is 28.6 Å². The van der Waals surface area contributed by atoms with Crippen LogP contribution in [0.15, 0.2) is 97.2 Å². The average molecular weight is 861 g/mol. The zero-order valence-electron chi connectivity index (χ0n) is 40.1. The number of allylic oxidation sites excluding steroid dienone is 16. The molecule has 0 spiro atoms. The highest BCUT2D eigenvalue weighted by Crippen LogP contribution is 2.14. The number of hydrogen-bond donors (Lipinski definition) is 0. The van der Waals surface area contributed by atoms with E-state index in [2.05, 4.69) is 106 Å². The quantitative estimate of drug-likeness (QED) is 0.0263. The Morgan fingerprint density at radius 3 is 1.05 bits per heavy atom. The summed E-state index contributed by atoms with van der Waals surface area (Å²) >= 11 is 0. The molecule has 0 saturated carbocycles. The van der Waals surface area contributed by atoms with Gasteiger partial charge in [0.25, 0.3) is 0 Å². The fourth-order valence-electron chi connectivity index (χ4n) is 6.62. The summed E-state index contributed by atoms with van der Waals surface area (Å²) in [4.78, 5) is 37.9. The molecule has 1 unspecified atom stereocenters. The summed E-state index contributed by atoms with van der Waals surface area (Å²) in [6.45, 7) is 6.32. The van der Waals surface area contributed by atoms with Crippen LogP contribution in [-0.4, -0.2) is 37.2 Å². The number of carbonyl (C=O) groups excluding carboxylic acids is 3. The molecule has 6 heteroatoms. The second kappa shape index (κ2) is 50.0. The van der Waals surface area contributed by atoms with Gasteiger partial charge in [0.05, 0.1) is 0 Å². The second-order valence-electron chi connectivity index (χ2n) is 16.3. The summed E-state index contributed by atoms with van der Waals surface area (Å²) in [6.07, 6.45) is 65.5. The first-order valence-electron chi connectivity index (χ1n) is 25.2. The molecule has 0 aromatic rings. The van der Waals surface area contributed by atoms with Crippen molar-refractivity contribution in [2.24, 2.45) is 0 Å². The van der Waals surface area contributed by atoms with E-state index in [0.29, 0.717) is 19.3 Å². The summed E-state index contributed by atoms with van der Waals surface area (Å²) < 4.78 is 16.7. The Balaban J connectivity index is 4.46. The molecule has 0 aliphatic carbocycles. The van der Waals surface area contributed by atoms with Crippen LogP contribution in [0.4, 0.5) is 0 Å². The van der Waals surface area contributed by atoms with Gasteiger partial charge in [-0.3, -0.25) is 14.4 Å². The molecule has 0 radical (unpaired) electrons. The van der Waals surface area contributed by atoms with E-state index < -0.39 is 12.1 Å². The van der Waals surface area contributed by atoms with E-state index in [4.69, 9.17) is 14.2 Å². The third kappa shape index (κ3) is 47.4. The average Bonchev–Trinajstić information content (AvgIpc) is 3.27. The molecule has 0 rings (SSSR count).